The van der Waals surface area contributed by atoms with Crippen molar-refractivity contribution in [2.75, 3.05) is 25.5 Å². The van der Waals surface area contributed by atoms with Crippen LogP contribution in [0.5, 0.6) is 11.5 Å². The smallest absolute Gasteiger partial charge is 0.256 e. The second-order valence-corrected chi connectivity index (χ2v) is 6.86. The molecule has 28 heavy (non-hydrogen) atoms. The van der Waals surface area contributed by atoms with Gasteiger partial charge in [-0.05, 0) is 56.3 Å². The van der Waals surface area contributed by atoms with Gasteiger partial charge in [0.15, 0.2) is 0 Å². The van der Waals surface area contributed by atoms with Gasteiger partial charge in [-0.3, -0.25) is 9.78 Å². The van der Waals surface area contributed by atoms with Crippen molar-refractivity contribution < 1.29 is 14.3 Å². The maximum absolute atomic E-state index is 12.9. The molecule has 6 heteroatoms. The standard InChI is InChI=1S/C22H23N3O3/c1-27-22(10-13-23-14-11-22)21(26)25-16-5-4-6-17(15-16)28-20-9-12-24-19-8-3-2-7-18(19)20/h2-9,12,15,23H,10-11,13-14H2,1H3,(H,25,26). The van der Waals surface area contributed by atoms with Gasteiger partial charge in [0, 0.05) is 30.4 Å². The van der Waals surface area contributed by atoms with E-state index in [4.69, 9.17) is 9.47 Å². The quantitative estimate of drug-likeness (QED) is 0.709. The van der Waals surface area contributed by atoms with Gasteiger partial charge in [0.05, 0.1) is 5.52 Å². The highest BCUT2D eigenvalue weighted by Crippen LogP contribution is 2.30. The Labute approximate surface area is 163 Å². The zero-order valence-corrected chi connectivity index (χ0v) is 15.8. The van der Waals surface area contributed by atoms with Crippen molar-refractivity contribution in [3.05, 3.63) is 60.8 Å². The topological polar surface area (TPSA) is 72.5 Å². The highest BCUT2D eigenvalue weighted by atomic mass is 16.5. The highest BCUT2D eigenvalue weighted by Gasteiger charge is 2.39. The number of hydrogen-bond donors (Lipinski definition) is 2. The number of ether oxygens (including phenoxy) is 2. The average Bonchev–Trinajstić information content (AvgIpc) is 2.75. The largest absolute Gasteiger partial charge is 0.457 e. The van der Waals surface area contributed by atoms with Gasteiger partial charge in [-0.15, -0.1) is 0 Å². The number of amides is 1. The summed E-state index contributed by atoms with van der Waals surface area (Å²) in [5.41, 5.74) is 0.761. The lowest BCUT2D eigenvalue weighted by atomic mass is 9.91. The van der Waals surface area contributed by atoms with Crippen LogP contribution in [-0.4, -0.2) is 36.7 Å². The van der Waals surface area contributed by atoms with Crippen molar-refractivity contribution in [3.63, 3.8) is 0 Å². The molecule has 1 saturated heterocycles. The first-order chi connectivity index (χ1) is 13.7. The number of carbonyl (C=O) groups excluding carboxylic acids is 1. The van der Waals surface area contributed by atoms with Crippen LogP contribution in [0.2, 0.25) is 0 Å². The Morgan fingerprint density at radius 3 is 2.75 bits per heavy atom. The second kappa shape index (κ2) is 7.96. The number of fused-ring (bicyclic) bond motifs is 1. The molecule has 144 valence electrons. The van der Waals surface area contributed by atoms with E-state index in [9.17, 15) is 4.79 Å². The van der Waals surface area contributed by atoms with E-state index in [-0.39, 0.29) is 5.91 Å². The Kier molecular flexibility index (Phi) is 5.23. The number of para-hydroxylation sites is 1. The fourth-order valence-corrected chi connectivity index (χ4v) is 3.52. The van der Waals surface area contributed by atoms with Crippen molar-refractivity contribution in [2.24, 2.45) is 0 Å². The summed E-state index contributed by atoms with van der Waals surface area (Å²) < 4.78 is 11.7. The van der Waals surface area contributed by atoms with Crippen molar-refractivity contribution in [2.45, 2.75) is 18.4 Å². The summed E-state index contributed by atoms with van der Waals surface area (Å²) in [6, 6.07) is 17.0. The molecule has 2 heterocycles. The zero-order chi connectivity index (χ0) is 19.4. The summed E-state index contributed by atoms with van der Waals surface area (Å²) in [6.07, 6.45) is 3.02. The van der Waals surface area contributed by atoms with Crippen molar-refractivity contribution >= 4 is 22.5 Å². The van der Waals surface area contributed by atoms with Crippen molar-refractivity contribution in [1.29, 1.82) is 0 Å². The molecule has 3 aromatic rings. The molecule has 0 radical (unpaired) electrons. The van der Waals surface area contributed by atoms with Gasteiger partial charge in [-0.25, -0.2) is 0 Å². The number of rotatable bonds is 5. The molecule has 4 rings (SSSR count). The number of anilines is 1. The molecule has 1 aliphatic rings. The van der Waals surface area contributed by atoms with E-state index in [1.54, 1.807) is 13.3 Å². The van der Waals surface area contributed by atoms with Crippen LogP contribution in [0.3, 0.4) is 0 Å². The molecule has 1 amide bonds. The molecular formula is C22H23N3O3. The van der Waals surface area contributed by atoms with Crippen LogP contribution >= 0.6 is 0 Å². The monoisotopic (exact) mass is 377 g/mol. The molecule has 1 aromatic heterocycles. The van der Waals surface area contributed by atoms with E-state index in [0.717, 1.165) is 29.7 Å². The Morgan fingerprint density at radius 2 is 1.93 bits per heavy atom. The molecule has 0 spiro atoms. The maximum Gasteiger partial charge on any atom is 0.256 e. The fourth-order valence-electron chi connectivity index (χ4n) is 3.52. The van der Waals surface area contributed by atoms with Crippen LogP contribution in [0.15, 0.2) is 60.8 Å². The molecule has 2 N–H and O–H groups in total. The number of methoxy groups -OCH3 is 1. The molecule has 0 bridgehead atoms. The van der Waals surface area contributed by atoms with Gasteiger partial charge in [0.1, 0.15) is 17.1 Å². The van der Waals surface area contributed by atoms with Crippen LogP contribution < -0.4 is 15.4 Å². The van der Waals surface area contributed by atoms with Gasteiger partial charge < -0.3 is 20.1 Å². The lowest BCUT2D eigenvalue weighted by molar-refractivity contribution is -0.140. The molecule has 1 fully saturated rings. The zero-order valence-electron chi connectivity index (χ0n) is 15.8. The number of pyridine rings is 1. The van der Waals surface area contributed by atoms with Gasteiger partial charge in [-0.1, -0.05) is 18.2 Å². The molecule has 0 atom stereocenters. The number of nitrogens with zero attached hydrogens (tertiary/aromatic N) is 1. The van der Waals surface area contributed by atoms with Gasteiger partial charge in [0.25, 0.3) is 5.91 Å². The van der Waals surface area contributed by atoms with E-state index in [1.807, 2.05) is 54.6 Å². The highest BCUT2D eigenvalue weighted by molar-refractivity contribution is 5.97. The Balaban J connectivity index is 1.54. The third-order valence-electron chi connectivity index (χ3n) is 5.14. The summed E-state index contributed by atoms with van der Waals surface area (Å²) in [4.78, 5) is 17.2. The fraction of sp³-hybridized carbons (Fsp3) is 0.273. The molecule has 0 saturated carbocycles. The number of carbonyl (C=O) groups is 1. The van der Waals surface area contributed by atoms with Crippen molar-refractivity contribution in [1.82, 2.24) is 10.3 Å². The lowest BCUT2D eigenvalue weighted by Gasteiger charge is -2.34. The third kappa shape index (κ3) is 3.69. The first kappa shape index (κ1) is 18.4. The third-order valence-corrected chi connectivity index (χ3v) is 5.14. The maximum atomic E-state index is 12.9. The van der Waals surface area contributed by atoms with Crippen molar-refractivity contribution in [3.8, 4) is 11.5 Å². The second-order valence-electron chi connectivity index (χ2n) is 6.86. The van der Waals surface area contributed by atoms with E-state index in [1.165, 1.54) is 0 Å². The Morgan fingerprint density at radius 1 is 1.11 bits per heavy atom. The summed E-state index contributed by atoms with van der Waals surface area (Å²) in [6.45, 7) is 1.53. The van der Waals surface area contributed by atoms with E-state index < -0.39 is 5.60 Å². The summed E-state index contributed by atoms with van der Waals surface area (Å²) in [7, 11) is 1.60. The molecule has 6 nitrogen and oxygen atoms in total. The Hall–Kier alpha value is -2.96. The predicted octanol–water partition coefficient (Wildman–Crippen LogP) is 3.73. The minimum absolute atomic E-state index is 0.122. The molecule has 2 aromatic carbocycles. The predicted molar refractivity (Wildman–Crippen MR) is 109 cm³/mol. The van der Waals surface area contributed by atoms with Gasteiger partial charge >= 0.3 is 0 Å². The molecule has 0 unspecified atom stereocenters. The normalized spacial score (nSPS) is 15.9. The van der Waals surface area contributed by atoms with Crippen LogP contribution in [0.4, 0.5) is 5.69 Å². The van der Waals surface area contributed by atoms with Crippen LogP contribution in [0.25, 0.3) is 10.9 Å². The molecule has 1 aliphatic heterocycles. The first-order valence-corrected chi connectivity index (χ1v) is 9.39. The number of aromatic nitrogens is 1. The minimum Gasteiger partial charge on any atom is -0.457 e. The number of benzene rings is 2. The van der Waals surface area contributed by atoms with E-state index >= 15 is 0 Å². The Bertz CT molecular complexity index is 978. The number of nitrogens with one attached hydrogen (secondary N) is 2. The van der Waals surface area contributed by atoms with Gasteiger partial charge in [0.2, 0.25) is 0 Å². The first-order valence-electron chi connectivity index (χ1n) is 9.39. The summed E-state index contributed by atoms with van der Waals surface area (Å²) >= 11 is 0. The van der Waals surface area contributed by atoms with Crippen LogP contribution in [-0.2, 0) is 9.53 Å². The SMILES string of the molecule is COC1(C(=O)Nc2cccc(Oc3ccnc4ccccc34)c2)CCNCC1. The molecular weight excluding hydrogens is 354 g/mol. The minimum atomic E-state index is -0.788. The van der Waals surface area contributed by atoms with Gasteiger partial charge in [-0.2, -0.15) is 0 Å². The average molecular weight is 377 g/mol. The van der Waals surface area contributed by atoms with Crippen LogP contribution in [0, 0.1) is 0 Å². The van der Waals surface area contributed by atoms with E-state index in [0.29, 0.717) is 24.3 Å². The molecule has 0 aliphatic carbocycles. The number of piperidine rings is 1. The summed E-state index contributed by atoms with van der Waals surface area (Å²) in [5, 5.41) is 7.18. The lowest BCUT2D eigenvalue weighted by Crippen LogP contribution is -2.51. The number of hydrogen-bond acceptors (Lipinski definition) is 5. The van der Waals surface area contributed by atoms with Crippen LogP contribution in [0.1, 0.15) is 12.8 Å². The van der Waals surface area contributed by atoms with E-state index in [2.05, 4.69) is 15.6 Å². The summed E-state index contributed by atoms with van der Waals surface area (Å²) in [5.74, 6) is 1.25.